The van der Waals surface area contributed by atoms with Gasteiger partial charge in [-0.2, -0.15) is 0 Å². The number of ketones is 1. The van der Waals surface area contributed by atoms with Gasteiger partial charge in [0.25, 0.3) is 0 Å². The molecule has 0 bridgehead atoms. The van der Waals surface area contributed by atoms with Gasteiger partial charge < -0.3 is 9.47 Å². The molecule has 0 aromatic carbocycles. The number of esters is 2. The van der Waals surface area contributed by atoms with E-state index >= 15 is 0 Å². The number of ether oxygens (including phenoxy) is 2. The van der Waals surface area contributed by atoms with Gasteiger partial charge in [-0.05, 0) is 45.4 Å². The van der Waals surface area contributed by atoms with E-state index in [1.54, 1.807) is 6.92 Å². The molecule has 5 nitrogen and oxygen atoms in total. The Morgan fingerprint density at radius 1 is 1.00 bits per heavy atom. The first-order valence-corrected chi connectivity index (χ1v) is 7.51. The van der Waals surface area contributed by atoms with Crippen molar-refractivity contribution in [2.75, 3.05) is 13.2 Å². The van der Waals surface area contributed by atoms with E-state index in [9.17, 15) is 14.4 Å². The van der Waals surface area contributed by atoms with E-state index in [1.165, 1.54) is 0 Å². The molecular weight excluding hydrogens is 272 g/mol. The molecule has 5 heteroatoms. The highest BCUT2D eigenvalue weighted by Crippen LogP contribution is 2.30. The van der Waals surface area contributed by atoms with Crippen LogP contribution in [0, 0.1) is 11.8 Å². The average molecular weight is 296 g/mol. The zero-order valence-corrected chi connectivity index (χ0v) is 12.6. The molecular formula is C16H24O5. The summed E-state index contributed by atoms with van der Waals surface area (Å²) in [7, 11) is 0. The first-order valence-electron chi connectivity index (χ1n) is 7.51. The van der Waals surface area contributed by atoms with E-state index < -0.39 is 5.97 Å². The highest BCUT2D eigenvalue weighted by Gasteiger charge is 2.29. The lowest BCUT2D eigenvalue weighted by Gasteiger charge is -2.25. The van der Waals surface area contributed by atoms with Gasteiger partial charge in [0, 0.05) is 12.0 Å². The van der Waals surface area contributed by atoms with Gasteiger partial charge in [-0.1, -0.05) is 6.58 Å². The molecule has 21 heavy (non-hydrogen) atoms. The van der Waals surface area contributed by atoms with Crippen molar-refractivity contribution in [2.45, 2.75) is 45.4 Å². The molecule has 0 amide bonds. The minimum absolute atomic E-state index is 0.0702. The van der Waals surface area contributed by atoms with Crippen molar-refractivity contribution in [3.8, 4) is 0 Å². The predicted octanol–water partition coefficient (Wildman–Crippen LogP) is 2.43. The fourth-order valence-electron chi connectivity index (χ4n) is 2.46. The predicted molar refractivity (Wildman–Crippen MR) is 77.5 cm³/mol. The highest BCUT2D eigenvalue weighted by atomic mass is 16.5. The largest absolute Gasteiger partial charge is 0.465 e. The van der Waals surface area contributed by atoms with Gasteiger partial charge in [0.15, 0.2) is 0 Å². The van der Waals surface area contributed by atoms with Crippen molar-refractivity contribution in [3.05, 3.63) is 12.7 Å². The second-order valence-electron chi connectivity index (χ2n) is 5.41. The van der Waals surface area contributed by atoms with Crippen LogP contribution in [0.25, 0.3) is 0 Å². The Hall–Kier alpha value is -1.65. The van der Waals surface area contributed by atoms with Crippen LogP contribution >= 0.6 is 0 Å². The molecule has 0 saturated heterocycles. The highest BCUT2D eigenvalue weighted by molar-refractivity contribution is 5.81. The number of rotatable bonds is 8. The van der Waals surface area contributed by atoms with E-state index in [2.05, 4.69) is 6.58 Å². The second kappa shape index (κ2) is 9.32. The summed E-state index contributed by atoms with van der Waals surface area (Å²) < 4.78 is 10.0. The molecule has 0 heterocycles. The van der Waals surface area contributed by atoms with Crippen molar-refractivity contribution in [1.82, 2.24) is 0 Å². The molecule has 0 aromatic heterocycles. The zero-order chi connectivity index (χ0) is 15.7. The molecule has 1 aliphatic rings. The van der Waals surface area contributed by atoms with E-state index in [0.717, 1.165) is 31.8 Å². The number of carbonyl (C=O) groups excluding carboxylic acids is 3. The van der Waals surface area contributed by atoms with Gasteiger partial charge >= 0.3 is 11.9 Å². The molecule has 1 saturated carbocycles. The average Bonchev–Trinajstić information content (AvgIpc) is 2.50. The maximum absolute atomic E-state index is 11.9. The maximum atomic E-state index is 11.9. The minimum atomic E-state index is -0.436. The van der Waals surface area contributed by atoms with Gasteiger partial charge in [0.1, 0.15) is 5.78 Å². The van der Waals surface area contributed by atoms with Crippen LogP contribution in [0.5, 0.6) is 0 Å². The van der Waals surface area contributed by atoms with Crippen molar-refractivity contribution < 1.29 is 23.9 Å². The van der Waals surface area contributed by atoms with E-state index in [-0.39, 0.29) is 23.6 Å². The Kier molecular flexibility index (Phi) is 7.72. The summed E-state index contributed by atoms with van der Waals surface area (Å²) in [5, 5.41) is 0. The summed E-state index contributed by atoms with van der Waals surface area (Å²) in [6.07, 6.45) is 5.49. The Balaban J connectivity index is 2.08. The molecule has 0 aliphatic heterocycles. The van der Waals surface area contributed by atoms with Crippen LogP contribution in [0.2, 0.25) is 0 Å². The molecule has 118 valence electrons. The first-order chi connectivity index (χ1) is 10.0. The smallest absolute Gasteiger partial charge is 0.330 e. The third kappa shape index (κ3) is 6.56. The van der Waals surface area contributed by atoms with Crippen LogP contribution in [0.3, 0.4) is 0 Å². The van der Waals surface area contributed by atoms with Gasteiger partial charge in [-0.25, -0.2) is 4.79 Å². The lowest BCUT2D eigenvalue weighted by atomic mass is 9.80. The fourth-order valence-corrected chi connectivity index (χ4v) is 2.46. The van der Waals surface area contributed by atoms with E-state index in [0.29, 0.717) is 26.1 Å². The number of Topliss-reactive ketones (excluding diaryl/α,β-unsaturated/α-hetero) is 1. The summed E-state index contributed by atoms with van der Waals surface area (Å²) in [4.78, 5) is 33.9. The van der Waals surface area contributed by atoms with Crippen molar-refractivity contribution >= 4 is 17.7 Å². The molecule has 1 fully saturated rings. The Bertz CT molecular complexity index is 380. The standard InChI is InChI=1S/C16H24O5/c1-3-15(18)20-10-4-5-11-21-16(19)14-8-6-13(7-9-14)12(2)17/h3,13-14H,1,4-11H2,2H3. The fraction of sp³-hybridized carbons (Fsp3) is 0.688. The summed E-state index contributed by atoms with van der Waals surface area (Å²) in [6.45, 7) is 5.57. The summed E-state index contributed by atoms with van der Waals surface area (Å²) in [6, 6.07) is 0. The van der Waals surface area contributed by atoms with Gasteiger partial charge in [-0.15, -0.1) is 0 Å². The normalized spacial score (nSPS) is 21.4. The van der Waals surface area contributed by atoms with Crippen molar-refractivity contribution in [3.63, 3.8) is 0 Å². The van der Waals surface area contributed by atoms with Crippen LogP contribution in [0.1, 0.15) is 45.4 Å². The van der Waals surface area contributed by atoms with E-state index in [1.807, 2.05) is 0 Å². The van der Waals surface area contributed by atoms with Gasteiger partial charge in [-0.3, -0.25) is 9.59 Å². The third-order valence-electron chi connectivity index (χ3n) is 3.83. The molecule has 1 aliphatic carbocycles. The number of hydrogen-bond donors (Lipinski definition) is 0. The van der Waals surface area contributed by atoms with Crippen molar-refractivity contribution in [1.29, 1.82) is 0 Å². The molecule has 0 atom stereocenters. The molecule has 0 aromatic rings. The second-order valence-corrected chi connectivity index (χ2v) is 5.41. The van der Waals surface area contributed by atoms with Crippen LogP contribution in [0.4, 0.5) is 0 Å². The number of hydrogen-bond acceptors (Lipinski definition) is 5. The third-order valence-corrected chi connectivity index (χ3v) is 3.83. The number of unbranched alkanes of at least 4 members (excludes halogenated alkanes) is 1. The monoisotopic (exact) mass is 296 g/mol. The molecule has 0 N–H and O–H groups in total. The topological polar surface area (TPSA) is 69.7 Å². The van der Waals surface area contributed by atoms with Crippen molar-refractivity contribution in [2.24, 2.45) is 11.8 Å². The Labute approximate surface area is 125 Å². The molecule has 1 rings (SSSR count). The molecule has 0 radical (unpaired) electrons. The van der Waals surface area contributed by atoms with Gasteiger partial charge in [0.05, 0.1) is 19.1 Å². The minimum Gasteiger partial charge on any atom is -0.465 e. The summed E-state index contributed by atoms with van der Waals surface area (Å²) in [5.74, 6) is -0.335. The van der Waals surface area contributed by atoms with Crippen LogP contribution in [0.15, 0.2) is 12.7 Å². The first kappa shape index (κ1) is 17.4. The SMILES string of the molecule is C=CC(=O)OCCCCOC(=O)C1CCC(C(C)=O)CC1. The van der Waals surface area contributed by atoms with Crippen LogP contribution < -0.4 is 0 Å². The summed E-state index contributed by atoms with van der Waals surface area (Å²) >= 11 is 0. The Morgan fingerprint density at radius 2 is 1.52 bits per heavy atom. The van der Waals surface area contributed by atoms with Gasteiger partial charge in [0.2, 0.25) is 0 Å². The van der Waals surface area contributed by atoms with E-state index in [4.69, 9.17) is 9.47 Å². The lowest BCUT2D eigenvalue weighted by molar-refractivity contribution is -0.151. The lowest BCUT2D eigenvalue weighted by Crippen LogP contribution is -2.26. The Morgan fingerprint density at radius 3 is 2.05 bits per heavy atom. The maximum Gasteiger partial charge on any atom is 0.330 e. The molecule has 0 spiro atoms. The number of carbonyl (C=O) groups is 3. The zero-order valence-electron chi connectivity index (χ0n) is 12.6. The quantitative estimate of drug-likeness (QED) is 0.391. The van der Waals surface area contributed by atoms with Crippen LogP contribution in [-0.4, -0.2) is 30.9 Å². The summed E-state index contributed by atoms with van der Waals surface area (Å²) in [5.41, 5.74) is 0. The molecule has 0 unspecified atom stereocenters. The van der Waals surface area contributed by atoms with Crippen LogP contribution in [-0.2, 0) is 23.9 Å².